The van der Waals surface area contributed by atoms with Crippen LogP contribution in [0.5, 0.6) is 11.5 Å². The van der Waals surface area contributed by atoms with Crippen LogP contribution in [-0.2, 0) is 6.54 Å². The highest BCUT2D eigenvalue weighted by Crippen LogP contribution is 2.25. The number of hydrogen-bond acceptors (Lipinski definition) is 4. The molecular formula is C20H22BrFN2O3. The van der Waals surface area contributed by atoms with Gasteiger partial charge >= 0.3 is 0 Å². The maximum Gasteiger partial charge on any atom is 0.255 e. The van der Waals surface area contributed by atoms with Gasteiger partial charge < -0.3 is 14.4 Å². The topological polar surface area (TPSA) is 42.0 Å². The van der Waals surface area contributed by atoms with Crippen molar-refractivity contribution in [2.24, 2.45) is 0 Å². The molecule has 1 aliphatic heterocycles. The van der Waals surface area contributed by atoms with E-state index in [1.807, 2.05) is 17.0 Å². The molecule has 1 fully saturated rings. The number of carbonyl (C=O) groups is 1. The minimum absolute atomic E-state index is 0.0243. The van der Waals surface area contributed by atoms with Gasteiger partial charge in [-0.2, -0.15) is 0 Å². The number of amides is 1. The van der Waals surface area contributed by atoms with Crippen molar-refractivity contribution < 1.29 is 18.7 Å². The molecule has 1 aliphatic rings. The quantitative estimate of drug-likeness (QED) is 0.718. The highest BCUT2D eigenvalue weighted by molar-refractivity contribution is 9.10. The van der Waals surface area contributed by atoms with Crippen molar-refractivity contribution in [3.63, 3.8) is 0 Å². The molecule has 0 radical (unpaired) electrons. The SMILES string of the molecule is COc1ccc(Br)c(C(=O)N2CCN(Cc3cc(F)ccc3OC)CC2)c1. The van der Waals surface area contributed by atoms with E-state index in [4.69, 9.17) is 9.47 Å². The average molecular weight is 437 g/mol. The summed E-state index contributed by atoms with van der Waals surface area (Å²) in [5, 5.41) is 0. The van der Waals surface area contributed by atoms with E-state index in [1.165, 1.54) is 12.1 Å². The molecule has 2 aromatic carbocycles. The van der Waals surface area contributed by atoms with Crippen LogP contribution in [0.1, 0.15) is 15.9 Å². The van der Waals surface area contributed by atoms with Crippen LogP contribution in [0.15, 0.2) is 40.9 Å². The van der Waals surface area contributed by atoms with Gasteiger partial charge in [0, 0.05) is 42.8 Å². The molecule has 0 unspecified atom stereocenters. The number of nitrogens with zero attached hydrogens (tertiary/aromatic N) is 2. The van der Waals surface area contributed by atoms with E-state index in [2.05, 4.69) is 20.8 Å². The molecule has 7 heteroatoms. The summed E-state index contributed by atoms with van der Waals surface area (Å²) >= 11 is 3.44. The number of halogens is 2. The van der Waals surface area contributed by atoms with Crippen LogP contribution in [0.25, 0.3) is 0 Å². The van der Waals surface area contributed by atoms with Crippen LogP contribution in [0.3, 0.4) is 0 Å². The van der Waals surface area contributed by atoms with E-state index in [-0.39, 0.29) is 11.7 Å². The third-order valence-electron chi connectivity index (χ3n) is 4.70. The number of benzene rings is 2. The minimum Gasteiger partial charge on any atom is -0.497 e. The van der Waals surface area contributed by atoms with Crippen molar-refractivity contribution in [3.8, 4) is 11.5 Å². The summed E-state index contributed by atoms with van der Waals surface area (Å²) in [6, 6.07) is 9.92. The first-order chi connectivity index (χ1) is 13.0. The molecule has 0 aliphatic carbocycles. The molecule has 1 amide bonds. The Morgan fingerprint density at radius 3 is 2.48 bits per heavy atom. The number of piperazine rings is 1. The fourth-order valence-corrected chi connectivity index (χ4v) is 3.60. The van der Waals surface area contributed by atoms with Crippen molar-refractivity contribution in [2.45, 2.75) is 6.54 Å². The predicted molar refractivity (Wildman–Crippen MR) is 105 cm³/mol. The fraction of sp³-hybridized carbons (Fsp3) is 0.350. The highest BCUT2D eigenvalue weighted by Gasteiger charge is 2.24. The van der Waals surface area contributed by atoms with Crippen molar-refractivity contribution in [1.29, 1.82) is 0 Å². The maximum absolute atomic E-state index is 13.6. The molecular weight excluding hydrogens is 415 g/mol. The zero-order valence-corrected chi connectivity index (χ0v) is 17.0. The molecule has 144 valence electrons. The summed E-state index contributed by atoms with van der Waals surface area (Å²) in [5.74, 6) is 1.03. The number of methoxy groups -OCH3 is 2. The first-order valence-electron chi connectivity index (χ1n) is 8.69. The zero-order chi connectivity index (χ0) is 19.4. The highest BCUT2D eigenvalue weighted by atomic mass is 79.9. The molecule has 1 heterocycles. The van der Waals surface area contributed by atoms with Crippen LogP contribution in [-0.4, -0.2) is 56.1 Å². The third kappa shape index (κ3) is 4.59. The summed E-state index contributed by atoms with van der Waals surface area (Å²) in [7, 11) is 3.16. The molecule has 0 saturated carbocycles. The van der Waals surface area contributed by atoms with Gasteiger partial charge in [-0.05, 0) is 52.3 Å². The van der Waals surface area contributed by atoms with Crippen molar-refractivity contribution in [2.75, 3.05) is 40.4 Å². The Labute approximate surface area is 166 Å². The second-order valence-electron chi connectivity index (χ2n) is 6.37. The number of rotatable bonds is 5. The second kappa shape index (κ2) is 8.71. The van der Waals surface area contributed by atoms with E-state index >= 15 is 0 Å². The van der Waals surface area contributed by atoms with Crippen molar-refractivity contribution in [1.82, 2.24) is 9.80 Å². The first kappa shape index (κ1) is 19.6. The Hall–Kier alpha value is -2.12. The van der Waals surface area contributed by atoms with Gasteiger partial charge in [-0.25, -0.2) is 4.39 Å². The lowest BCUT2D eigenvalue weighted by molar-refractivity contribution is 0.0626. The lowest BCUT2D eigenvalue weighted by Crippen LogP contribution is -2.48. The summed E-state index contributed by atoms with van der Waals surface area (Å²) in [6.07, 6.45) is 0. The molecule has 0 aromatic heterocycles. The van der Waals surface area contributed by atoms with Gasteiger partial charge in [-0.3, -0.25) is 9.69 Å². The smallest absolute Gasteiger partial charge is 0.255 e. The summed E-state index contributed by atoms with van der Waals surface area (Å²) in [5.41, 5.74) is 1.41. The lowest BCUT2D eigenvalue weighted by Gasteiger charge is -2.35. The third-order valence-corrected chi connectivity index (χ3v) is 5.39. The Morgan fingerprint density at radius 2 is 1.81 bits per heavy atom. The molecule has 2 aromatic rings. The maximum atomic E-state index is 13.6. The summed E-state index contributed by atoms with van der Waals surface area (Å²) < 4.78 is 24.8. The molecule has 1 saturated heterocycles. The molecule has 0 atom stereocenters. The molecule has 27 heavy (non-hydrogen) atoms. The van der Waals surface area contributed by atoms with Gasteiger partial charge in [0.25, 0.3) is 5.91 Å². The molecule has 5 nitrogen and oxygen atoms in total. The Bertz CT molecular complexity index is 823. The minimum atomic E-state index is -0.275. The van der Waals surface area contributed by atoms with Gasteiger partial charge in [-0.1, -0.05) is 0 Å². The standard InChI is InChI=1S/C20H22BrFN2O3/c1-26-16-4-5-18(21)17(12-16)20(25)24-9-7-23(8-10-24)13-14-11-15(22)3-6-19(14)27-2/h3-6,11-12H,7-10,13H2,1-2H3. The van der Waals surface area contributed by atoms with Crippen LogP contribution < -0.4 is 9.47 Å². The van der Waals surface area contributed by atoms with E-state index in [1.54, 1.807) is 26.4 Å². The van der Waals surface area contributed by atoms with E-state index in [9.17, 15) is 9.18 Å². The first-order valence-corrected chi connectivity index (χ1v) is 9.48. The number of ether oxygens (including phenoxy) is 2. The summed E-state index contributed by atoms with van der Waals surface area (Å²) in [6.45, 7) is 3.24. The van der Waals surface area contributed by atoms with E-state index in [0.717, 1.165) is 10.0 Å². The molecule has 0 spiro atoms. The molecule has 3 rings (SSSR count). The largest absolute Gasteiger partial charge is 0.497 e. The van der Waals surface area contributed by atoms with Crippen molar-refractivity contribution in [3.05, 3.63) is 57.8 Å². The van der Waals surface area contributed by atoms with Gasteiger partial charge in [0.15, 0.2) is 0 Å². The lowest BCUT2D eigenvalue weighted by atomic mass is 10.1. The van der Waals surface area contributed by atoms with Crippen LogP contribution in [0, 0.1) is 5.82 Å². The Balaban J connectivity index is 1.64. The number of hydrogen-bond donors (Lipinski definition) is 0. The monoisotopic (exact) mass is 436 g/mol. The Kier molecular flexibility index (Phi) is 6.34. The van der Waals surface area contributed by atoms with Gasteiger partial charge in [-0.15, -0.1) is 0 Å². The van der Waals surface area contributed by atoms with Crippen LogP contribution in [0.2, 0.25) is 0 Å². The van der Waals surface area contributed by atoms with E-state index < -0.39 is 0 Å². The normalized spacial score (nSPS) is 14.9. The Morgan fingerprint density at radius 1 is 1.07 bits per heavy atom. The van der Waals surface area contributed by atoms with Gasteiger partial charge in [0.2, 0.25) is 0 Å². The molecule has 0 bridgehead atoms. The predicted octanol–water partition coefficient (Wildman–Crippen LogP) is 3.56. The molecule has 0 N–H and O–H groups in total. The van der Waals surface area contributed by atoms with E-state index in [0.29, 0.717) is 49.8 Å². The van der Waals surface area contributed by atoms with Gasteiger partial charge in [0.05, 0.1) is 19.8 Å². The number of carbonyl (C=O) groups excluding carboxylic acids is 1. The average Bonchev–Trinajstić information content (AvgIpc) is 2.69. The second-order valence-corrected chi connectivity index (χ2v) is 7.22. The zero-order valence-electron chi connectivity index (χ0n) is 15.4. The summed E-state index contributed by atoms with van der Waals surface area (Å²) in [4.78, 5) is 16.9. The fourth-order valence-electron chi connectivity index (χ4n) is 3.19. The van der Waals surface area contributed by atoms with Gasteiger partial charge in [0.1, 0.15) is 17.3 Å². The van der Waals surface area contributed by atoms with Crippen LogP contribution in [0.4, 0.5) is 4.39 Å². The van der Waals surface area contributed by atoms with Crippen LogP contribution >= 0.6 is 15.9 Å². The van der Waals surface area contributed by atoms with Crippen molar-refractivity contribution >= 4 is 21.8 Å².